The number of hydrogen-bond acceptors (Lipinski definition) is 5. The van der Waals surface area contributed by atoms with E-state index in [0.717, 1.165) is 26.0 Å². The van der Waals surface area contributed by atoms with Crippen molar-refractivity contribution in [3.63, 3.8) is 0 Å². The van der Waals surface area contributed by atoms with Gasteiger partial charge in [-0.2, -0.15) is 17.9 Å². The molecule has 0 atom stereocenters. The predicted octanol–water partition coefficient (Wildman–Crippen LogP) is 1.98. The summed E-state index contributed by atoms with van der Waals surface area (Å²) >= 11 is 0. The van der Waals surface area contributed by atoms with Gasteiger partial charge in [0, 0.05) is 25.0 Å². The van der Waals surface area contributed by atoms with E-state index in [1.807, 2.05) is 44.9 Å². The fourth-order valence-corrected chi connectivity index (χ4v) is 3.20. The molecule has 0 aliphatic heterocycles. The highest BCUT2D eigenvalue weighted by molar-refractivity contribution is 5.85. The van der Waals surface area contributed by atoms with Gasteiger partial charge in [0.25, 0.3) is 0 Å². The summed E-state index contributed by atoms with van der Waals surface area (Å²) in [6, 6.07) is 3.66. The Hall–Kier alpha value is -3.11. The van der Waals surface area contributed by atoms with E-state index in [1.165, 1.54) is 0 Å². The third-order valence-corrected chi connectivity index (χ3v) is 4.62. The van der Waals surface area contributed by atoms with Gasteiger partial charge in [-0.15, -0.1) is 9.38 Å². The number of aromatic nitrogens is 5. The average Bonchev–Trinajstić information content (AvgIpc) is 2.94. The minimum atomic E-state index is -4.39. The summed E-state index contributed by atoms with van der Waals surface area (Å²) in [6.45, 7) is 5.67. The van der Waals surface area contributed by atoms with Crippen LogP contribution in [0.4, 0.5) is 24.9 Å². The van der Waals surface area contributed by atoms with Crippen molar-refractivity contribution in [1.82, 2.24) is 19.7 Å². The number of pyridine rings is 1. The molecule has 3 aromatic heterocycles. The second-order valence-corrected chi connectivity index (χ2v) is 6.92. The first-order chi connectivity index (χ1) is 13.5. The molecule has 11 heteroatoms. The monoisotopic (exact) mass is 410 g/mol. The number of anilines is 2. The molecule has 0 bridgehead atoms. The van der Waals surface area contributed by atoms with Crippen LogP contribution in [0.15, 0.2) is 16.9 Å². The summed E-state index contributed by atoms with van der Waals surface area (Å²) in [7, 11) is 1.82. The van der Waals surface area contributed by atoms with Gasteiger partial charge in [-0.05, 0) is 38.5 Å². The first kappa shape index (κ1) is 20.6. The molecule has 29 heavy (non-hydrogen) atoms. The molecule has 0 aliphatic rings. The molecule has 3 rings (SSSR count). The van der Waals surface area contributed by atoms with Crippen molar-refractivity contribution in [2.75, 3.05) is 24.2 Å². The highest BCUT2D eigenvalue weighted by Crippen LogP contribution is 2.32. The van der Waals surface area contributed by atoms with Crippen molar-refractivity contribution in [2.45, 2.75) is 39.9 Å². The van der Waals surface area contributed by atoms with Crippen LogP contribution in [0.25, 0.3) is 16.8 Å². The topological polar surface area (TPSA) is 96.9 Å². The molecule has 3 N–H and O–H groups in total. The van der Waals surface area contributed by atoms with Gasteiger partial charge < -0.3 is 10.6 Å². The van der Waals surface area contributed by atoms with Crippen LogP contribution in [0.2, 0.25) is 0 Å². The molecule has 3 aromatic rings. The lowest BCUT2D eigenvalue weighted by atomic mass is 10.1. The maximum Gasteiger partial charge on any atom is 0.428 e. The van der Waals surface area contributed by atoms with Gasteiger partial charge in [0.15, 0.2) is 5.82 Å². The van der Waals surface area contributed by atoms with Crippen LogP contribution in [-0.2, 0) is 6.54 Å². The first-order valence-electron chi connectivity index (χ1n) is 9.09. The number of nitrogens with two attached hydrogens (primary N) is 1. The van der Waals surface area contributed by atoms with Crippen molar-refractivity contribution >= 4 is 17.4 Å². The Morgan fingerprint density at radius 1 is 1.24 bits per heavy atom. The Bertz CT molecular complexity index is 1100. The number of aryl methyl sites for hydroxylation is 3. The summed E-state index contributed by atoms with van der Waals surface area (Å²) in [5.74, 6) is 0.410. The molecule has 8 nitrogen and oxygen atoms in total. The van der Waals surface area contributed by atoms with Crippen molar-refractivity contribution in [1.29, 1.82) is 0 Å². The largest absolute Gasteiger partial charge is 0.428 e. The number of nitrogens with zero attached hydrogens (tertiary/aromatic N) is 5. The van der Waals surface area contributed by atoms with Crippen LogP contribution in [0, 0.1) is 13.8 Å². The number of fused-ring (bicyclic) bond motifs is 1. The summed E-state index contributed by atoms with van der Waals surface area (Å²) in [4.78, 5) is 23.3. The zero-order valence-corrected chi connectivity index (χ0v) is 16.6. The Morgan fingerprint density at radius 2 is 1.86 bits per heavy atom. The van der Waals surface area contributed by atoms with E-state index in [1.54, 1.807) is 0 Å². The summed E-state index contributed by atoms with van der Waals surface area (Å²) in [5.41, 5.74) is 8.42. The van der Waals surface area contributed by atoms with Gasteiger partial charge in [0.05, 0.1) is 18.5 Å². The normalized spacial score (nSPS) is 12.0. The first-order valence-corrected chi connectivity index (χ1v) is 9.09. The molecular formula is C18H23F3N7O+. The molecule has 0 aliphatic carbocycles. The van der Waals surface area contributed by atoms with E-state index in [9.17, 15) is 18.0 Å². The molecular weight excluding hydrogens is 387 g/mol. The number of nitrogen functional groups attached to an aromatic ring is 1. The smallest absolute Gasteiger partial charge is 0.351 e. The van der Waals surface area contributed by atoms with Crippen LogP contribution >= 0.6 is 0 Å². The van der Waals surface area contributed by atoms with E-state index >= 15 is 0 Å². The molecule has 0 radical (unpaired) electrons. The zero-order chi connectivity index (χ0) is 21.5. The van der Waals surface area contributed by atoms with Crippen LogP contribution in [-0.4, -0.2) is 39.5 Å². The minimum Gasteiger partial charge on any atom is -0.351 e. The van der Waals surface area contributed by atoms with Crippen LogP contribution in [0.3, 0.4) is 0 Å². The standard InChI is InChI=1S/C18H22F3N7O/c1-5-26(4)14-13(12-8-10(2)23-11(3)9-12)15-25-27(7-6-18(19,20)21)17(29)28(15)16(22)24-14/h8-9H,5-7H2,1-4H3,(H2,22,23,24,25)/p+1. The van der Waals surface area contributed by atoms with Gasteiger partial charge in [-0.1, -0.05) is 0 Å². The Labute approximate surface area is 164 Å². The molecule has 0 aromatic carbocycles. The van der Waals surface area contributed by atoms with Crippen molar-refractivity contribution < 1.29 is 17.6 Å². The van der Waals surface area contributed by atoms with Gasteiger partial charge in [-0.25, -0.2) is 9.89 Å². The van der Waals surface area contributed by atoms with E-state index in [0.29, 0.717) is 17.9 Å². The number of H-pyrrole nitrogens is 1. The Kier molecular flexibility index (Phi) is 5.24. The number of alkyl halides is 3. The number of halogens is 3. The predicted molar refractivity (Wildman–Crippen MR) is 103 cm³/mol. The van der Waals surface area contributed by atoms with Gasteiger partial charge in [0.2, 0.25) is 5.65 Å². The molecule has 0 saturated heterocycles. The highest BCUT2D eigenvalue weighted by Gasteiger charge is 2.30. The van der Waals surface area contributed by atoms with E-state index in [4.69, 9.17) is 5.73 Å². The van der Waals surface area contributed by atoms with Crippen LogP contribution in [0.5, 0.6) is 0 Å². The van der Waals surface area contributed by atoms with Crippen LogP contribution in [0.1, 0.15) is 24.7 Å². The third kappa shape index (κ3) is 4.03. The van der Waals surface area contributed by atoms with E-state index < -0.39 is 24.8 Å². The Balaban J connectivity index is 2.33. The van der Waals surface area contributed by atoms with Crippen molar-refractivity contribution in [3.8, 4) is 11.1 Å². The van der Waals surface area contributed by atoms with E-state index in [2.05, 4.69) is 15.1 Å². The minimum absolute atomic E-state index is 0.103. The molecule has 0 unspecified atom stereocenters. The van der Waals surface area contributed by atoms with Gasteiger partial charge in [-0.3, -0.25) is 4.98 Å². The summed E-state index contributed by atoms with van der Waals surface area (Å²) in [5, 5.41) is 2.80. The maximum atomic E-state index is 12.7. The maximum absolute atomic E-state index is 12.7. The van der Waals surface area contributed by atoms with Crippen molar-refractivity contribution in [2.24, 2.45) is 0 Å². The number of rotatable bonds is 5. The molecule has 0 fully saturated rings. The molecule has 0 amide bonds. The second-order valence-electron chi connectivity index (χ2n) is 6.92. The number of nitrogens with one attached hydrogen (secondary N) is 1. The summed E-state index contributed by atoms with van der Waals surface area (Å²) < 4.78 is 40.0. The lowest BCUT2D eigenvalue weighted by Gasteiger charge is -2.18. The van der Waals surface area contributed by atoms with E-state index in [-0.39, 0.29) is 11.6 Å². The number of hydrogen-bond donors (Lipinski definition) is 2. The van der Waals surface area contributed by atoms with Crippen molar-refractivity contribution in [3.05, 3.63) is 34.0 Å². The lowest BCUT2D eigenvalue weighted by molar-refractivity contribution is -0.516. The molecule has 156 valence electrons. The average molecular weight is 410 g/mol. The SMILES string of the molecule is CCN(C)c1nc(N)[n+]2c(=O)n(CCC(F)(F)F)[nH]c2c1-c1cc(C)nc(C)c1. The zero-order valence-electron chi connectivity index (χ0n) is 16.6. The fourth-order valence-electron chi connectivity index (χ4n) is 3.20. The summed E-state index contributed by atoms with van der Waals surface area (Å²) in [6.07, 6.45) is -5.53. The molecule has 0 spiro atoms. The third-order valence-electron chi connectivity index (χ3n) is 4.62. The molecule has 3 heterocycles. The molecule has 0 saturated carbocycles. The number of aromatic amines is 1. The lowest BCUT2D eigenvalue weighted by Crippen LogP contribution is -2.45. The quantitative estimate of drug-likeness (QED) is 0.627. The van der Waals surface area contributed by atoms with Gasteiger partial charge >= 0.3 is 17.8 Å². The fraction of sp³-hybridized carbons (Fsp3) is 0.444. The highest BCUT2D eigenvalue weighted by atomic mass is 19.4. The second kappa shape index (κ2) is 7.37. The van der Waals surface area contributed by atoms with Crippen LogP contribution < -0.4 is 20.7 Å². The van der Waals surface area contributed by atoms with Gasteiger partial charge in [0.1, 0.15) is 0 Å². The Morgan fingerprint density at radius 3 is 2.41 bits per heavy atom.